The summed E-state index contributed by atoms with van der Waals surface area (Å²) in [6, 6.07) is 4.59. The fourth-order valence-electron chi connectivity index (χ4n) is 3.29. The van der Waals surface area contributed by atoms with Gasteiger partial charge in [-0.1, -0.05) is 0 Å². The molecule has 1 aromatic rings. The molecule has 0 bridgehead atoms. The number of fused-ring (bicyclic) bond motifs is 3. The Morgan fingerprint density at radius 1 is 1.50 bits per heavy atom. The summed E-state index contributed by atoms with van der Waals surface area (Å²) in [4.78, 5) is 15.4. The first-order valence-corrected chi connectivity index (χ1v) is 6.68. The van der Waals surface area contributed by atoms with E-state index in [1.165, 1.54) is 0 Å². The van der Waals surface area contributed by atoms with Crippen molar-refractivity contribution in [3.05, 3.63) is 18.2 Å². The summed E-state index contributed by atoms with van der Waals surface area (Å²) < 4.78 is 5.89. The van der Waals surface area contributed by atoms with Gasteiger partial charge in [-0.3, -0.25) is 0 Å². The number of primary amides is 1. The van der Waals surface area contributed by atoms with E-state index in [1.807, 2.05) is 20.8 Å². The number of hydrogen-bond acceptors (Lipinski definition) is 4. The SMILES string of the molecule is CC1Oc2ccc(O)cc2N2C1CN(C(N)=O)C2(C)C. The van der Waals surface area contributed by atoms with E-state index >= 15 is 0 Å². The quantitative estimate of drug-likeness (QED) is 0.753. The third kappa shape index (κ3) is 1.60. The maximum atomic E-state index is 11.7. The van der Waals surface area contributed by atoms with Crippen LogP contribution in [-0.4, -0.2) is 40.4 Å². The number of amides is 2. The van der Waals surface area contributed by atoms with Crippen LogP contribution < -0.4 is 15.4 Å². The number of nitrogens with zero attached hydrogens (tertiary/aromatic N) is 2. The third-order valence-corrected chi connectivity index (χ3v) is 4.27. The molecule has 2 heterocycles. The van der Waals surface area contributed by atoms with Crippen LogP contribution in [0, 0.1) is 0 Å². The average molecular weight is 277 g/mol. The summed E-state index contributed by atoms with van der Waals surface area (Å²) in [5.74, 6) is 0.889. The van der Waals surface area contributed by atoms with E-state index in [1.54, 1.807) is 23.1 Å². The monoisotopic (exact) mass is 277 g/mol. The molecule has 2 aliphatic rings. The predicted octanol–water partition coefficient (Wildman–Crippen LogP) is 1.48. The van der Waals surface area contributed by atoms with Gasteiger partial charge < -0.3 is 25.4 Å². The summed E-state index contributed by atoms with van der Waals surface area (Å²) in [6.07, 6.45) is -0.0596. The maximum absolute atomic E-state index is 11.7. The van der Waals surface area contributed by atoms with Crippen LogP contribution in [0.2, 0.25) is 0 Å². The molecule has 3 rings (SSSR count). The summed E-state index contributed by atoms with van der Waals surface area (Å²) in [5.41, 5.74) is 5.73. The van der Waals surface area contributed by atoms with Crippen molar-refractivity contribution in [2.24, 2.45) is 5.73 Å². The van der Waals surface area contributed by atoms with Gasteiger partial charge in [-0.05, 0) is 32.9 Å². The molecule has 1 fully saturated rings. The molecule has 2 aliphatic heterocycles. The van der Waals surface area contributed by atoms with E-state index in [2.05, 4.69) is 4.90 Å². The summed E-state index contributed by atoms with van der Waals surface area (Å²) in [7, 11) is 0. The lowest BCUT2D eigenvalue weighted by molar-refractivity contribution is 0.175. The molecular formula is C14H19N3O3. The van der Waals surface area contributed by atoms with Crippen molar-refractivity contribution in [1.29, 1.82) is 0 Å². The molecule has 6 nitrogen and oxygen atoms in total. The zero-order valence-corrected chi connectivity index (χ0v) is 11.8. The topological polar surface area (TPSA) is 79.0 Å². The Labute approximate surface area is 117 Å². The average Bonchev–Trinajstić information content (AvgIpc) is 2.63. The Balaban J connectivity index is 2.13. The van der Waals surface area contributed by atoms with Gasteiger partial charge in [0, 0.05) is 12.6 Å². The van der Waals surface area contributed by atoms with E-state index in [4.69, 9.17) is 10.5 Å². The lowest BCUT2D eigenvalue weighted by Gasteiger charge is -2.44. The highest BCUT2D eigenvalue weighted by Gasteiger charge is 2.52. The lowest BCUT2D eigenvalue weighted by atomic mass is 10.0. The zero-order valence-electron chi connectivity index (χ0n) is 11.8. The maximum Gasteiger partial charge on any atom is 0.316 e. The van der Waals surface area contributed by atoms with E-state index in [0.29, 0.717) is 12.3 Å². The molecule has 108 valence electrons. The van der Waals surface area contributed by atoms with Gasteiger partial charge in [-0.2, -0.15) is 0 Å². The van der Waals surface area contributed by atoms with Crippen molar-refractivity contribution in [1.82, 2.24) is 4.90 Å². The first-order valence-electron chi connectivity index (χ1n) is 6.68. The number of carbonyl (C=O) groups is 1. The number of phenolic OH excluding ortho intramolecular Hbond substituents is 1. The van der Waals surface area contributed by atoms with Gasteiger partial charge in [-0.15, -0.1) is 0 Å². The van der Waals surface area contributed by atoms with Gasteiger partial charge >= 0.3 is 6.03 Å². The van der Waals surface area contributed by atoms with Gasteiger partial charge in [0.05, 0.1) is 11.7 Å². The fraction of sp³-hybridized carbons (Fsp3) is 0.500. The number of hydrogen-bond donors (Lipinski definition) is 2. The second kappa shape index (κ2) is 3.94. The Morgan fingerprint density at radius 3 is 2.85 bits per heavy atom. The number of benzene rings is 1. The van der Waals surface area contributed by atoms with Crippen LogP contribution in [0.4, 0.5) is 10.5 Å². The van der Waals surface area contributed by atoms with E-state index in [0.717, 1.165) is 5.69 Å². The summed E-state index contributed by atoms with van der Waals surface area (Å²) in [5, 5.41) is 9.73. The van der Waals surface area contributed by atoms with E-state index < -0.39 is 11.7 Å². The van der Waals surface area contributed by atoms with E-state index in [-0.39, 0.29) is 17.9 Å². The third-order valence-electron chi connectivity index (χ3n) is 4.27. The number of urea groups is 1. The van der Waals surface area contributed by atoms with Crippen LogP contribution in [0.15, 0.2) is 18.2 Å². The van der Waals surface area contributed by atoms with Crippen molar-refractivity contribution in [3.8, 4) is 11.5 Å². The van der Waals surface area contributed by atoms with Gasteiger partial charge in [0.15, 0.2) is 0 Å². The molecule has 6 heteroatoms. The first kappa shape index (κ1) is 12.9. The summed E-state index contributed by atoms with van der Waals surface area (Å²) in [6.45, 7) is 6.39. The van der Waals surface area contributed by atoms with Crippen LogP contribution in [0.5, 0.6) is 11.5 Å². The molecule has 0 radical (unpaired) electrons. The highest BCUT2D eigenvalue weighted by atomic mass is 16.5. The second-order valence-corrected chi connectivity index (χ2v) is 5.86. The number of rotatable bonds is 0. The smallest absolute Gasteiger partial charge is 0.316 e. The number of anilines is 1. The normalized spacial score (nSPS) is 26.8. The molecule has 0 spiro atoms. The van der Waals surface area contributed by atoms with Crippen molar-refractivity contribution in [3.63, 3.8) is 0 Å². The molecule has 0 aliphatic carbocycles. The number of carbonyl (C=O) groups excluding carboxylic acids is 1. The molecule has 1 aromatic carbocycles. The van der Waals surface area contributed by atoms with Gasteiger partial charge in [-0.25, -0.2) is 4.79 Å². The van der Waals surface area contributed by atoms with Crippen LogP contribution in [0.1, 0.15) is 20.8 Å². The standard InChI is InChI=1S/C14H19N3O3/c1-8-11-7-16(13(15)19)14(2,3)17(11)10-6-9(18)4-5-12(10)20-8/h4-6,8,11,18H,7H2,1-3H3,(H2,15,19). The molecule has 20 heavy (non-hydrogen) atoms. The Morgan fingerprint density at radius 2 is 2.20 bits per heavy atom. The highest BCUT2D eigenvalue weighted by molar-refractivity contribution is 5.76. The predicted molar refractivity (Wildman–Crippen MR) is 74.8 cm³/mol. The lowest BCUT2D eigenvalue weighted by Crippen LogP contribution is -2.56. The van der Waals surface area contributed by atoms with Gasteiger partial charge in [0.1, 0.15) is 23.3 Å². The molecule has 1 saturated heterocycles. The molecule has 2 unspecified atom stereocenters. The largest absolute Gasteiger partial charge is 0.508 e. The fourth-order valence-corrected chi connectivity index (χ4v) is 3.29. The minimum atomic E-state index is -0.558. The molecule has 2 amide bonds. The van der Waals surface area contributed by atoms with E-state index in [9.17, 15) is 9.90 Å². The Bertz CT molecular complexity index is 573. The Hall–Kier alpha value is -2.11. The summed E-state index contributed by atoms with van der Waals surface area (Å²) >= 11 is 0. The molecule has 0 saturated carbocycles. The van der Waals surface area contributed by atoms with Crippen molar-refractivity contribution in [2.75, 3.05) is 11.4 Å². The van der Waals surface area contributed by atoms with Crippen molar-refractivity contribution >= 4 is 11.7 Å². The number of aromatic hydroxyl groups is 1. The molecule has 3 N–H and O–H groups in total. The molecular weight excluding hydrogens is 258 g/mol. The number of nitrogens with two attached hydrogens (primary N) is 1. The van der Waals surface area contributed by atoms with Gasteiger partial charge in [0.2, 0.25) is 0 Å². The van der Waals surface area contributed by atoms with Crippen molar-refractivity contribution in [2.45, 2.75) is 38.6 Å². The molecule has 2 atom stereocenters. The van der Waals surface area contributed by atoms with Crippen LogP contribution in [0.25, 0.3) is 0 Å². The highest BCUT2D eigenvalue weighted by Crippen LogP contribution is 2.46. The van der Waals surface area contributed by atoms with Crippen LogP contribution in [0.3, 0.4) is 0 Å². The minimum Gasteiger partial charge on any atom is -0.508 e. The Kier molecular flexibility index (Phi) is 2.54. The van der Waals surface area contributed by atoms with Crippen LogP contribution in [-0.2, 0) is 0 Å². The zero-order chi connectivity index (χ0) is 14.7. The number of phenols is 1. The minimum absolute atomic E-state index is 0.0202. The first-order chi connectivity index (χ1) is 9.32. The van der Waals surface area contributed by atoms with Gasteiger partial charge in [0.25, 0.3) is 0 Å². The van der Waals surface area contributed by atoms with Crippen molar-refractivity contribution < 1.29 is 14.6 Å². The van der Waals surface area contributed by atoms with Crippen LogP contribution >= 0.6 is 0 Å². The number of ether oxygens (including phenoxy) is 1. The second-order valence-electron chi connectivity index (χ2n) is 5.86. The molecule has 0 aromatic heterocycles.